The molecular formula is C7H10N6. The van der Waals surface area contributed by atoms with E-state index in [2.05, 4.69) is 19.9 Å². The Balaban J connectivity index is 2.42. The van der Waals surface area contributed by atoms with Crippen LogP contribution >= 0.6 is 0 Å². The van der Waals surface area contributed by atoms with Crippen LogP contribution in [0.2, 0.25) is 0 Å². The molecule has 0 bridgehead atoms. The summed E-state index contributed by atoms with van der Waals surface area (Å²) in [5.41, 5.74) is 11.7. The molecule has 0 aromatic carbocycles. The number of hydrogen-bond acceptors (Lipinski definition) is 4. The Morgan fingerprint density at radius 1 is 1.00 bits per heavy atom. The molecule has 0 aliphatic rings. The van der Waals surface area contributed by atoms with Crippen LogP contribution < -0.4 is 11.5 Å². The quantitative estimate of drug-likeness (QED) is 0.453. The van der Waals surface area contributed by atoms with E-state index in [0.29, 0.717) is 11.4 Å². The molecule has 2 aromatic heterocycles. The minimum absolute atomic E-state index is 0.555. The Labute approximate surface area is 74.4 Å². The number of H-pyrrole nitrogens is 2. The zero-order valence-electron chi connectivity index (χ0n) is 6.86. The molecule has 0 radical (unpaired) electrons. The van der Waals surface area contributed by atoms with Crippen molar-refractivity contribution in [1.82, 2.24) is 19.9 Å². The Hall–Kier alpha value is -1.66. The van der Waals surface area contributed by atoms with Gasteiger partial charge in [-0.05, 0) is 0 Å². The lowest BCUT2D eigenvalue weighted by Gasteiger charge is -2.19. The molecule has 6 N–H and O–H groups in total. The van der Waals surface area contributed by atoms with Crippen molar-refractivity contribution in [2.24, 2.45) is 11.5 Å². The second kappa shape index (κ2) is 2.68. The fourth-order valence-corrected chi connectivity index (χ4v) is 1.10. The smallest absolute Gasteiger partial charge is 0.154 e. The largest absolute Gasteiger partial charge is 0.351 e. The third-order valence-corrected chi connectivity index (χ3v) is 1.84. The maximum absolute atomic E-state index is 5.86. The number of aromatic amines is 2. The number of imidazole rings is 2. The molecule has 0 amide bonds. The first kappa shape index (κ1) is 7.96. The highest BCUT2D eigenvalue weighted by Crippen LogP contribution is 2.15. The predicted octanol–water partition coefficient (Wildman–Crippen LogP) is -0.749. The Kier molecular flexibility index (Phi) is 1.64. The van der Waals surface area contributed by atoms with Gasteiger partial charge in [0, 0.05) is 12.4 Å². The lowest BCUT2D eigenvalue weighted by molar-refractivity contribution is 0.536. The van der Waals surface area contributed by atoms with Crippen molar-refractivity contribution < 1.29 is 0 Å². The van der Waals surface area contributed by atoms with Crippen LogP contribution in [0.1, 0.15) is 11.4 Å². The van der Waals surface area contributed by atoms with Crippen molar-refractivity contribution in [1.29, 1.82) is 0 Å². The number of aromatic nitrogens is 4. The van der Waals surface area contributed by atoms with Crippen molar-refractivity contribution in [3.8, 4) is 0 Å². The van der Waals surface area contributed by atoms with Crippen LogP contribution in [0.15, 0.2) is 25.0 Å². The van der Waals surface area contributed by atoms with Crippen molar-refractivity contribution in [3.05, 3.63) is 36.4 Å². The molecule has 2 aromatic rings. The minimum atomic E-state index is -1.14. The lowest BCUT2D eigenvalue weighted by Crippen LogP contribution is -2.47. The van der Waals surface area contributed by atoms with E-state index in [0.717, 1.165) is 0 Å². The predicted molar refractivity (Wildman–Crippen MR) is 46.3 cm³/mol. The van der Waals surface area contributed by atoms with Gasteiger partial charge in [0.25, 0.3) is 0 Å². The molecule has 0 unspecified atom stereocenters. The van der Waals surface area contributed by atoms with Gasteiger partial charge in [-0.2, -0.15) is 0 Å². The number of nitrogens with one attached hydrogen (secondary N) is 2. The van der Waals surface area contributed by atoms with E-state index in [4.69, 9.17) is 11.5 Å². The SMILES string of the molecule is NC(N)(c1c[nH]cn1)c1c[nH]cn1. The van der Waals surface area contributed by atoms with Crippen LogP contribution in [0.25, 0.3) is 0 Å². The molecule has 0 aliphatic heterocycles. The maximum atomic E-state index is 5.86. The summed E-state index contributed by atoms with van der Waals surface area (Å²) in [4.78, 5) is 13.5. The van der Waals surface area contributed by atoms with Gasteiger partial charge in [-0.1, -0.05) is 0 Å². The molecular weight excluding hydrogens is 168 g/mol. The van der Waals surface area contributed by atoms with E-state index in [1.165, 1.54) is 12.7 Å². The summed E-state index contributed by atoms with van der Waals surface area (Å²) < 4.78 is 0. The highest BCUT2D eigenvalue weighted by molar-refractivity contribution is 5.23. The number of hydrogen-bond donors (Lipinski definition) is 4. The zero-order chi connectivity index (χ0) is 9.31. The molecule has 6 heteroatoms. The Morgan fingerprint density at radius 3 is 1.77 bits per heavy atom. The summed E-state index contributed by atoms with van der Waals surface area (Å²) in [7, 11) is 0. The molecule has 2 heterocycles. The second-order valence-corrected chi connectivity index (χ2v) is 2.78. The number of nitrogens with zero attached hydrogens (tertiary/aromatic N) is 2. The van der Waals surface area contributed by atoms with Crippen molar-refractivity contribution >= 4 is 0 Å². The molecule has 0 fully saturated rings. The van der Waals surface area contributed by atoms with Crippen molar-refractivity contribution in [2.45, 2.75) is 5.66 Å². The van der Waals surface area contributed by atoms with Gasteiger partial charge in [0.15, 0.2) is 5.66 Å². The molecule has 0 saturated heterocycles. The van der Waals surface area contributed by atoms with E-state index >= 15 is 0 Å². The van der Waals surface area contributed by atoms with Gasteiger partial charge in [0.2, 0.25) is 0 Å². The summed E-state index contributed by atoms with van der Waals surface area (Å²) in [6.45, 7) is 0. The van der Waals surface area contributed by atoms with E-state index in [-0.39, 0.29) is 0 Å². The molecule has 0 aliphatic carbocycles. The third-order valence-electron chi connectivity index (χ3n) is 1.84. The number of nitrogens with two attached hydrogens (primary N) is 2. The minimum Gasteiger partial charge on any atom is -0.351 e. The monoisotopic (exact) mass is 178 g/mol. The van der Waals surface area contributed by atoms with Crippen LogP contribution in [-0.4, -0.2) is 19.9 Å². The first-order valence-electron chi connectivity index (χ1n) is 3.77. The average Bonchev–Trinajstić information content (AvgIpc) is 2.78. The summed E-state index contributed by atoms with van der Waals surface area (Å²) in [6.07, 6.45) is 6.34. The molecule has 6 nitrogen and oxygen atoms in total. The number of rotatable bonds is 2. The van der Waals surface area contributed by atoms with E-state index in [9.17, 15) is 0 Å². The van der Waals surface area contributed by atoms with E-state index in [1.807, 2.05) is 0 Å². The van der Waals surface area contributed by atoms with Crippen LogP contribution in [0.3, 0.4) is 0 Å². The Morgan fingerprint density at radius 2 is 1.46 bits per heavy atom. The normalized spacial score (nSPS) is 11.8. The molecule has 0 saturated carbocycles. The topological polar surface area (TPSA) is 109 Å². The summed E-state index contributed by atoms with van der Waals surface area (Å²) >= 11 is 0. The second-order valence-electron chi connectivity index (χ2n) is 2.78. The van der Waals surface area contributed by atoms with E-state index in [1.54, 1.807) is 12.4 Å². The molecule has 2 rings (SSSR count). The summed E-state index contributed by atoms with van der Waals surface area (Å²) in [5.74, 6) is 0. The highest BCUT2D eigenvalue weighted by atomic mass is 15.1. The van der Waals surface area contributed by atoms with Crippen LogP contribution in [0.4, 0.5) is 0 Å². The fourth-order valence-electron chi connectivity index (χ4n) is 1.10. The molecule has 68 valence electrons. The third kappa shape index (κ3) is 1.21. The van der Waals surface area contributed by atoms with E-state index < -0.39 is 5.66 Å². The lowest BCUT2D eigenvalue weighted by atomic mass is 10.1. The fraction of sp³-hybridized carbons (Fsp3) is 0.143. The van der Waals surface area contributed by atoms with Crippen LogP contribution in [0.5, 0.6) is 0 Å². The molecule has 0 atom stereocenters. The zero-order valence-corrected chi connectivity index (χ0v) is 6.86. The van der Waals surface area contributed by atoms with Crippen molar-refractivity contribution in [2.75, 3.05) is 0 Å². The van der Waals surface area contributed by atoms with Gasteiger partial charge >= 0.3 is 0 Å². The maximum Gasteiger partial charge on any atom is 0.154 e. The van der Waals surface area contributed by atoms with Gasteiger partial charge in [-0.15, -0.1) is 0 Å². The van der Waals surface area contributed by atoms with Gasteiger partial charge in [-0.25, -0.2) is 9.97 Å². The summed E-state index contributed by atoms with van der Waals surface area (Å²) in [5, 5.41) is 0. The molecule has 0 spiro atoms. The van der Waals surface area contributed by atoms with Gasteiger partial charge in [-0.3, -0.25) is 0 Å². The van der Waals surface area contributed by atoms with Crippen LogP contribution in [0, 0.1) is 0 Å². The van der Waals surface area contributed by atoms with Gasteiger partial charge in [0.1, 0.15) is 0 Å². The summed E-state index contributed by atoms with van der Waals surface area (Å²) in [6, 6.07) is 0. The van der Waals surface area contributed by atoms with Gasteiger partial charge < -0.3 is 21.4 Å². The first-order valence-corrected chi connectivity index (χ1v) is 3.77. The molecule has 13 heavy (non-hydrogen) atoms. The first-order chi connectivity index (χ1) is 6.21. The van der Waals surface area contributed by atoms with Crippen molar-refractivity contribution in [3.63, 3.8) is 0 Å². The Bertz CT molecular complexity index is 323. The highest BCUT2D eigenvalue weighted by Gasteiger charge is 2.28. The van der Waals surface area contributed by atoms with Gasteiger partial charge in [0.05, 0.1) is 24.0 Å². The standard InChI is InChI=1S/C7H10N6/c8-7(9,5-1-10-3-12-5)6-2-11-4-13-6/h1-4H,8-9H2,(H,10,12)(H,11,13). The van der Waals surface area contributed by atoms with Crippen LogP contribution in [-0.2, 0) is 5.66 Å². The average molecular weight is 178 g/mol.